The molecule has 1 heterocycles. The van der Waals surface area contributed by atoms with Gasteiger partial charge >= 0.3 is 0 Å². The van der Waals surface area contributed by atoms with Gasteiger partial charge in [-0.15, -0.1) is 11.8 Å². The van der Waals surface area contributed by atoms with E-state index < -0.39 is 11.8 Å². The summed E-state index contributed by atoms with van der Waals surface area (Å²) in [6.07, 6.45) is 3.55. The molecule has 0 bridgehead atoms. The molecule has 2 amide bonds. The van der Waals surface area contributed by atoms with Gasteiger partial charge in [0.2, 0.25) is 0 Å². The Morgan fingerprint density at radius 1 is 1.08 bits per heavy atom. The van der Waals surface area contributed by atoms with Gasteiger partial charge in [0, 0.05) is 4.90 Å². The van der Waals surface area contributed by atoms with Crippen LogP contribution < -0.4 is 15.0 Å². The van der Waals surface area contributed by atoms with Crippen molar-refractivity contribution in [2.45, 2.75) is 4.90 Å². The van der Waals surface area contributed by atoms with E-state index in [4.69, 9.17) is 17.0 Å². The second-order valence-corrected chi connectivity index (χ2v) is 6.70. The summed E-state index contributed by atoms with van der Waals surface area (Å²) >= 11 is 6.81. The quantitative estimate of drug-likeness (QED) is 0.380. The summed E-state index contributed by atoms with van der Waals surface area (Å²) in [6.45, 7) is 0. The minimum atomic E-state index is -0.501. The zero-order valence-corrected chi connectivity index (χ0v) is 15.8. The van der Waals surface area contributed by atoms with Gasteiger partial charge < -0.3 is 4.74 Å². The molecule has 0 aromatic heterocycles. The van der Waals surface area contributed by atoms with Gasteiger partial charge in [0.15, 0.2) is 5.11 Å². The van der Waals surface area contributed by atoms with Crippen LogP contribution in [0, 0.1) is 0 Å². The molecule has 2 aromatic carbocycles. The average Bonchev–Trinajstić information content (AvgIpc) is 2.66. The minimum Gasteiger partial charge on any atom is -0.497 e. The lowest BCUT2D eigenvalue weighted by Gasteiger charge is -2.29. The van der Waals surface area contributed by atoms with Crippen LogP contribution in [-0.2, 0) is 9.59 Å². The highest BCUT2D eigenvalue weighted by molar-refractivity contribution is 7.98. The van der Waals surface area contributed by atoms with Crippen LogP contribution in [0.4, 0.5) is 5.69 Å². The van der Waals surface area contributed by atoms with Crippen molar-refractivity contribution in [3.63, 3.8) is 0 Å². The summed E-state index contributed by atoms with van der Waals surface area (Å²) in [5, 5.41) is 2.63. The molecule has 0 atom stereocenters. The third-order valence-corrected chi connectivity index (χ3v) is 4.89. The van der Waals surface area contributed by atoms with Gasteiger partial charge in [0.25, 0.3) is 11.8 Å². The van der Waals surface area contributed by atoms with Crippen LogP contribution in [0.1, 0.15) is 5.56 Å². The number of carbonyl (C=O) groups is 2. The molecule has 7 heteroatoms. The fourth-order valence-electron chi connectivity index (χ4n) is 2.49. The van der Waals surface area contributed by atoms with Gasteiger partial charge in [0.05, 0.1) is 12.8 Å². The molecule has 5 nitrogen and oxygen atoms in total. The number of hydrogen-bond acceptors (Lipinski definition) is 5. The van der Waals surface area contributed by atoms with E-state index in [0.717, 1.165) is 10.5 Å². The third kappa shape index (κ3) is 3.63. The van der Waals surface area contributed by atoms with E-state index in [0.29, 0.717) is 11.4 Å². The molecule has 0 saturated carbocycles. The Balaban J connectivity index is 1.95. The van der Waals surface area contributed by atoms with Crippen molar-refractivity contribution in [2.24, 2.45) is 0 Å². The maximum atomic E-state index is 12.9. The number of thiocarbonyl (C=S) groups is 1. The molecule has 2 aromatic rings. The lowest BCUT2D eigenvalue weighted by Crippen LogP contribution is -2.54. The molecular formula is C19H16N2O3S2. The smallest absolute Gasteiger partial charge is 0.270 e. The highest BCUT2D eigenvalue weighted by atomic mass is 32.2. The molecular weight excluding hydrogens is 368 g/mol. The number of hydrogen-bond donors (Lipinski definition) is 1. The molecule has 132 valence electrons. The van der Waals surface area contributed by atoms with Crippen molar-refractivity contribution >= 4 is 52.7 Å². The standard InChI is InChI=1S/C19H16N2O3S2/c1-24-14-7-5-13(6-8-14)21-18(23)16(17(22)20-19(21)25)11-12-3-9-15(26-2)10-4-12/h3-11H,1-2H3,(H,20,22,25)/b16-11+. The second-order valence-electron chi connectivity index (χ2n) is 5.43. The first-order valence-electron chi connectivity index (χ1n) is 7.73. The summed E-state index contributed by atoms with van der Waals surface area (Å²) in [7, 11) is 1.56. The SMILES string of the molecule is COc1ccc(N2C(=O)/C(=C/c3ccc(SC)cc3)C(=O)NC2=S)cc1. The Hall–Kier alpha value is -2.64. The van der Waals surface area contributed by atoms with E-state index in [2.05, 4.69) is 5.32 Å². The summed E-state index contributed by atoms with van der Waals surface area (Å²) in [6, 6.07) is 14.5. The Kier molecular flexibility index (Phi) is 5.39. The van der Waals surface area contributed by atoms with E-state index in [-0.39, 0.29) is 10.7 Å². The van der Waals surface area contributed by atoms with Crippen molar-refractivity contribution in [1.29, 1.82) is 0 Å². The summed E-state index contributed by atoms with van der Waals surface area (Å²) in [4.78, 5) is 27.6. The molecule has 0 spiro atoms. The van der Waals surface area contributed by atoms with E-state index >= 15 is 0 Å². The van der Waals surface area contributed by atoms with E-state index in [1.807, 2.05) is 30.5 Å². The zero-order chi connectivity index (χ0) is 18.7. The van der Waals surface area contributed by atoms with Crippen LogP contribution in [0.5, 0.6) is 5.75 Å². The first-order valence-corrected chi connectivity index (χ1v) is 9.36. The fourth-order valence-corrected chi connectivity index (χ4v) is 3.18. The zero-order valence-electron chi connectivity index (χ0n) is 14.2. The number of amides is 2. The van der Waals surface area contributed by atoms with Crippen molar-refractivity contribution in [3.8, 4) is 5.75 Å². The molecule has 1 saturated heterocycles. The maximum Gasteiger partial charge on any atom is 0.270 e. The molecule has 1 fully saturated rings. The van der Waals surface area contributed by atoms with Crippen molar-refractivity contribution in [1.82, 2.24) is 5.32 Å². The van der Waals surface area contributed by atoms with Crippen LogP contribution >= 0.6 is 24.0 Å². The van der Waals surface area contributed by atoms with Crippen molar-refractivity contribution < 1.29 is 14.3 Å². The second kappa shape index (κ2) is 7.72. The Labute approximate surface area is 161 Å². The molecule has 0 unspecified atom stereocenters. The van der Waals surface area contributed by atoms with Gasteiger partial charge in [-0.05, 0) is 66.5 Å². The molecule has 0 aliphatic carbocycles. The molecule has 1 aliphatic rings. The monoisotopic (exact) mass is 384 g/mol. The van der Waals surface area contributed by atoms with Crippen molar-refractivity contribution in [3.05, 3.63) is 59.7 Å². The summed E-state index contributed by atoms with van der Waals surface area (Å²) in [5.74, 6) is -0.297. The largest absolute Gasteiger partial charge is 0.497 e. The Morgan fingerprint density at radius 2 is 1.73 bits per heavy atom. The third-order valence-electron chi connectivity index (χ3n) is 3.86. The Bertz CT molecular complexity index is 890. The van der Waals surface area contributed by atoms with Crippen molar-refractivity contribution in [2.75, 3.05) is 18.3 Å². The van der Waals surface area contributed by atoms with Crippen LogP contribution in [-0.4, -0.2) is 30.3 Å². The highest BCUT2D eigenvalue weighted by Crippen LogP contribution is 2.24. The van der Waals surface area contributed by atoms with Gasteiger partial charge in [-0.1, -0.05) is 12.1 Å². The maximum absolute atomic E-state index is 12.9. The van der Waals surface area contributed by atoms with Crippen LogP contribution in [0.15, 0.2) is 59.0 Å². The lowest BCUT2D eigenvalue weighted by atomic mass is 10.1. The average molecular weight is 384 g/mol. The Morgan fingerprint density at radius 3 is 2.31 bits per heavy atom. The number of carbonyl (C=O) groups excluding carboxylic acids is 2. The van der Waals surface area contributed by atoms with Crippen LogP contribution in [0.3, 0.4) is 0 Å². The normalized spacial score (nSPS) is 16.0. The predicted octanol–water partition coefficient (Wildman–Crippen LogP) is 3.25. The predicted molar refractivity (Wildman–Crippen MR) is 107 cm³/mol. The number of anilines is 1. The summed E-state index contributed by atoms with van der Waals surface area (Å²) < 4.78 is 5.13. The number of nitrogens with one attached hydrogen (secondary N) is 1. The summed E-state index contributed by atoms with van der Waals surface area (Å²) in [5.41, 5.74) is 1.36. The van der Waals surface area contributed by atoms with Crippen LogP contribution in [0.25, 0.3) is 6.08 Å². The molecule has 1 aliphatic heterocycles. The number of methoxy groups -OCH3 is 1. The molecule has 1 N–H and O–H groups in total. The minimum absolute atomic E-state index is 0.0336. The van der Waals surface area contributed by atoms with Gasteiger partial charge in [-0.2, -0.15) is 0 Å². The lowest BCUT2D eigenvalue weighted by molar-refractivity contribution is -0.122. The first kappa shape index (κ1) is 18.2. The topological polar surface area (TPSA) is 58.6 Å². The molecule has 3 rings (SSSR count). The first-order chi connectivity index (χ1) is 12.5. The van der Waals surface area contributed by atoms with Gasteiger partial charge in [-0.25, -0.2) is 0 Å². The van der Waals surface area contributed by atoms with Crippen LogP contribution in [0.2, 0.25) is 0 Å². The fraction of sp³-hybridized carbons (Fsp3) is 0.105. The number of rotatable bonds is 4. The number of benzene rings is 2. The highest BCUT2D eigenvalue weighted by Gasteiger charge is 2.34. The molecule has 0 radical (unpaired) electrons. The van der Waals surface area contributed by atoms with E-state index in [9.17, 15) is 9.59 Å². The number of ether oxygens (including phenoxy) is 1. The number of thioether (sulfide) groups is 1. The van der Waals surface area contributed by atoms with E-state index in [1.54, 1.807) is 49.2 Å². The van der Waals surface area contributed by atoms with Gasteiger partial charge in [0.1, 0.15) is 11.3 Å². The van der Waals surface area contributed by atoms with E-state index in [1.165, 1.54) is 4.90 Å². The molecule has 26 heavy (non-hydrogen) atoms. The van der Waals surface area contributed by atoms with Gasteiger partial charge in [-0.3, -0.25) is 19.8 Å². The number of nitrogens with zero attached hydrogens (tertiary/aromatic N) is 1.